The number of thioether (sulfide) groups is 1. The fourth-order valence-corrected chi connectivity index (χ4v) is 3.80. The summed E-state index contributed by atoms with van der Waals surface area (Å²) < 4.78 is 26.4. The number of hydrogen-bond donors (Lipinski definition) is 1. The summed E-state index contributed by atoms with van der Waals surface area (Å²) in [6.07, 6.45) is 1.68. The SMILES string of the molecule is C=CCn1c(COc2ccccc2F)nnc1SC(C)C(=O)Nc1cc(Cl)ccc1OC. The Labute approximate surface area is 194 Å². The van der Waals surface area contributed by atoms with Crippen molar-refractivity contribution in [2.45, 2.75) is 30.5 Å². The maximum Gasteiger partial charge on any atom is 0.237 e. The third-order valence-corrected chi connectivity index (χ3v) is 5.68. The molecule has 1 unspecified atom stereocenters. The van der Waals surface area contributed by atoms with Crippen LogP contribution in [-0.4, -0.2) is 33.0 Å². The van der Waals surface area contributed by atoms with Gasteiger partial charge < -0.3 is 14.8 Å². The Balaban J connectivity index is 1.71. The van der Waals surface area contributed by atoms with Gasteiger partial charge in [-0.1, -0.05) is 41.6 Å². The number of amides is 1. The van der Waals surface area contributed by atoms with Crippen LogP contribution in [0.1, 0.15) is 12.7 Å². The predicted octanol–water partition coefficient (Wildman–Crippen LogP) is 4.96. The first-order valence-electron chi connectivity index (χ1n) is 9.64. The van der Waals surface area contributed by atoms with Gasteiger partial charge in [-0.3, -0.25) is 9.36 Å². The van der Waals surface area contributed by atoms with Crippen molar-refractivity contribution in [2.75, 3.05) is 12.4 Å². The Morgan fingerprint density at radius 2 is 2.09 bits per heavy atom. The largest absolute Gasteiger partial charge is 0.495 e. The Hall–Kier alpha value is -3.04. The summed E-state index contributed by atoms with van der Waals surface area (Å²) in [5.41, 5.74) is 0.476. The summed E-state index contributed by atoms with van der Waals surface area (Å²) in [6, 6.07) is 11.1. The van der Waals surface area contributed by atoms with E-state index in [9.17, 15) is 9.18 Å². The second-order valence-corrected chi connectivity index (χ2v) is 8.36. The van der Waals surface area contributed by atoms with Crippen molar-refractivity contribution in [3.63, 3.8) is 0 Å². The third-order valence-electron chi connectivity index (χ3n) is 4.37. The lowest BCUT2D eigenvalue weighted by molar-refractivity contribution is -0.115. The molecule has 0 saturated carbocycles. The fourth-order valence-electron chi connectivity index (χ4n) is 2.75. The summed E-state index contributed by atoms with van der Waals surface area (Å²) in [7, 11) is 1.51. The van der Waals surface area contributed by atoms with Crippen LogP contribution < -0.4 is 14.8 Å². The molecule has 0 aliphatic rings. The number of rotatable bonds is 10. The van der Waals surface area contributed by atoms with E-state index in [2.05, 4.69) is 22.1 Å². The molecular weight excluding hydrogens is 455 g/mol. The maximum atomic E-state index is 13.8. The van der Waals surface area contributed by atoms with Gasteiger partial charge >= 0.3 is 0 Å². The molecule has 168 valence electrons. The molecule has 1 atom stereocenters. The predicted molar refractivity (Wildman–Crippen MR) is 123 cm³/mol. The van der Waals surface area contributed by atoms with Crippen LogP contribution in [0, 0.1) is 5.82 Å². The van der Waals surface area contributed by atoms with Gasteiger partial charge in [0.15, 0.2) is 22.5 Å². The number of anilines is 1. The first-order chi connectivity index (χ1) is 15.4. The van der Waals surface area contributed by atoms with Crippen molar-refractivity contribution < 1.29 is 18.7 Å². The van der Waals surface area contributed by atoms with E-state index in [-0.39, 0.29) is 18.3 Å². The summed E-state index contributed by atoms with van der Waals surface area (Å²) in [5, 5.41) is 11.6. The Kier molecular flexibility index (Phi) is 8.13. The molecule has 0 spiro atoms. The molecule has 7 nitrogen and oxygen atoms in total. The highest BCUT2D eigenvalue weighted by Crippen LogP contribution is 2.30. The topological polar surface area (TPSA) is 78.3 Å². The molecule has 1 amide bonds. The molecule has 1 aromatic heterocycles. The van der Waals surface area contributed by atoms with E-state index in [4.69, 9.17) is 21.1 Å². The molecule has 1 N–H and O–H groups in total. The molecule has 3 aromatic rings. The zero-order valence-electron chi connectivity index (χ0n) is 17.5. The maximum absolute atomic E-state index is 13.8. The molecule has 0 aliphatic heterocycles. The molecule has 10 heteroatoms. The van der Waals surface area contributed by atoms with Crippen molar-refractivity contribution in [1.29, 1.82) is 0 Å². The van der Waals surface area contributed by atoms with Gasteiger partial charge in [0.1, 0.15) is 12.4 Å². The van der Waals surface area contributed by atoms with E-state index >= 15 is 0 Å². The summed E-state index contributed by atoms with van der Waals surface area (Å²) in [6.45, 7) is 5.93. The van der Waals surface area contributed by atoms with Crippen LogP contribution in [0.2, 0.25) is 5.02 Å². The first-order valence-corrected chi connectivity index (χ1v) is 10.9. The number of carbonyl (C=O) groups excluding carboxylic acids is 1. The van der Waals surface area contributed by atoms with Gasteiger partial charge in [-0.25, -0.2) is 4.39 Å². The lowest BCUT2D eigenvalue weighted by Crippen LogP contribution is -2.23. The highest BCUT2D eigenvalue weighted by molar-refractivity contribution is 8.00. The zero-order chi connectivity index (χ0) is 23.1. The molecule has 32 heavy (non-hydrogen) atoms. The number of nitrogens with zero attached hydrogens (tertiary/aromatic N) is 3. The van der Waals surface area contributed by atoms with Crippen LogP contribution in [0.4, 0.5) is 10.1 Å². The molecule has 3 rings (SSSR count). The molecule has 0 fully saturated rings. The van der Waals surface area contributed by atoms with Gasteiger partial charge in [0.2, 0.25) is 5.91 Å². The van der Waals surface area contributed by atoms with Crippen molar-refractivity contribution in [2.24, 2.45) is 0 Å². The summed E-state index contributed by atoms with van der Waals surface area (Å²) in [5.74, 6) is 0.395. The van der Waals surface area contributed by atoms with Crippen molar-refractivity contribution in [3.8, 4) is 11.5 Å². The van der Waals surface area contributed by atoms with Gasteiger partial charge in [0.25, 0.3) is 0 Å². The lowest BCUT2D eigenvalue weighted by Gasteiger charge is -2.15. The van der Waals surface area contributed by atoms with Crippen molar-refractivity contribution in [3.05, 3.63) is 71.8 Å². The van der Waals surface area contributed by atoms with Gasteiger partial charge in [-0.15, -0.1) is 16.8 Å². The van der Waals surface area contributed by atoms with Gasteiger partial charge in [0.05, 0.1) is 18.0 Å². The molecule has 0 aliphatic carbocycles. The lowest BCUT2D eigenvalue weighted by atomic mass is 10.3. The average Bonchev–Trinajstić information content (AvgIpc) is 3.14. The van der Waals surface area contributed by atoms with Crippen molar-refractivity contribution in [1.82, 2.24) is 14.8 Å². The number of hydrogen-bond acceptors (Lipinski definition) is 6. The van der Waals surface area contributed by atoms with E-state index in [1.807, 2.05) is 0 Å². The average molecular weight is 477 g/mol. The Morgan fingerprint density at radius 3 is 2.81 bits per heavy atom. The van der Waals surface area contributed by atoms with E-state index in [1.54, 1.807) is 47.9 Å². The van der Waals surface area contributed by atoms with E-state index in [1.165, 1.54) is 31.0 Å². The molecule has 1 heterocycles. The van der Waals surface area contributed by atoms with Crippen LogP contribution in [0.15, 0.2) is 60.3 Å². The first kappa shape index (κ1) is 23.6. The van der Waals surface area contributed by atoms with E-state index < -0.39 is 11.1 Å². The standard InChI is InChI=1S/C22H22ClFN4O3S/c1-4-11-28-20(13-31-18-8-6-5-7-16(18)24)26-27-22(28)32-14(2)21(29)25-17-12-15(23)9-10-19(17)30-3/h4-10,12,14H,1,11,13H2,2-3H3,(H,25,29). The number of allylic oxidation sites excluding steroid dienone is 1. The second-order valence-electron chi connectivity index (χ2n) is 6.61. The fraction of sp³-hybridized carbons (Fsp3) is 0.227. The number of carbonyl (C=O) groups is 1. The highest BCUT2D eigenvalue weighted by atomic mass is 35.5. The number of ether oxygens (including phenoxy) is 2. The third kappa shape index (κ3) is 5.80. The molecule has 0 radical (unpaired) electrons. The molecule has 0 bridgehead atoms. The Morgan fingerprint density at radius 1 is 1.31 bits per heavy atom. The van der Waals surface area contributed by atoms with Crippen LogP contribution >= 0.6 is 23.4 Å². The smallest absolute Gasteiger partial charge is 0.237 e. The van der Waals surface area contributed by atoms with E-state index in [0.717, 1.165) is 0 Å². The second kappa shape index (κ2) is 11.0. The van der Waals surface area contributed by atoms with Crippen LogP contribution in [-0.2, 0) is 17.9 Å². The number of nitrogens with one attached hydrogen (secondary N) is 1. The van der Waals surface area contributed by atoms with Gasteiger partial charge in [-0.05, 0) is 37.3 Å². The minimum Gasteiger partial charge on any atom is -0.495 e. The zero-order valence-corrected chi connectivity index (χ0v) is 19.1. The van der Waals surface area contributed by atoms with Crippen LogP contribution in [0.25, 0.3) is 0 Å². The number of benzene rings is 2. The van der Waals surface area contributed by atoms with Crippen LogP contribution in [0.5, 0.6) is 11.5 Å². The minimum absolute atomic E-state index is 0.0165. The number of halogens is 2. The Bertz CT molecular complexity index is 1110. The normalized spacial score (nSPS) is 11.6. The number of methoxy groups -OCH3 is 1. The quantitative estimate of drug-likeness (QED) is 0.329. The van der Waals surface area contributed by atoms with Crippen molar-refractivity contribution >= 4 is 35.0 Å². The van der Waals surface area contributed by atoms with Crippen LogP contribution in [0.3, 0.4) is 0 Å². The highest BCUT2D eigenvalue weighted by Gasteiger charge is 2.21. The molecule has 0 saturated heterocycles. The monoisotopic (exact) mass is 476 g/mol. The summed E-state index contributed by atoms with van der Waals surface area (Å²) in [4.78, 5) is 12.7. The minimum atomic E-state index is -0.508. The molecule has 2 aromatic carbocycles. The summed E-state index contributed by atoms with van der Waals surface area (Å²) >= 11 is 7.26. The number of aromatic nitrogens is 3. The molecular formula is C22H22ClFN4O3S. The van der Waals surface area contributed by atoms with E-state index in [0.29, 0.717) is 34.0 Å². The number of para-hydroxylation sites is 1. The van der Waals surface area contributed by atoms with Gasteiger partial charge in [0, 0.05) is 11.6 Å². The van der Waals surface area contributed by atoms with Gasteiger partial charge in [-0.2, -0.15) is 0 Å².